The molecule has 2 aromatic heterocycles. The van der Waals surface area contributed by atoms with Crippen molar-refractivity contribution in [2.75, 3.05) is 16.3 Å². The first-order valence-electron chi connectivity index (χ1n) is 10.8. The van der Waals surface area contributed by atoms with Gasteiger partial charge in [0, 0.05) is 22.0 Å². The number of anilines is 2. The van der Waals surface area contributed by atoms with Gasteiger partial charge in [-0.1, -0.05) is 29.8 Å². The van der Waals surface area contributed by atoms with E-state index in [1.165, 1.54) is 22.3 Å². The molecule has 1 spiro atoms. The number of aromatic nitrogens is 1. The van der Waals surface area contributed by atoms with Crippen molar-refractivity contribution in [2.24, 2.45) is 0 Å². The van der Waals surface area contributed by atoms with Gasteiger partial charge in [0.15, 0.2) is 16.1 Å². The van der Waals surface area contributed by atoms with E-state index in [2.05, 4.69) is 4.98 Å². The number of carbonyl (C=O) groups is 2. The normalized spacial score (nSPS) is 18.9. The number of likely N-dealkylation sites (N-methyl/N-ethyl adjacent to an activating group) is 1. The number of benzene rings is 2. The number of para-hydroxylation sites is 1. The van der Waals surface area contributed by atoms with E-state index in [1.807, 2.05) is 32.9 Å². The van der Waals surface area contributed by atoms with Crippen LogP contribution in [0.3, 0.4) is 0 Å². The second kappa shape index (κ2) is 7.01. The Kier molecular flexibility index (Phi) is 4.34. The Balaban J connectivity index is 1.80. The molecule has 0 N–H and O–H groups in total. The molecule has 34 heavy (non-hydrogen) atoms. The number of carbonyl (C=O) groups excluding carboxylic acids is 2. The lowest BCUT2D eigenvalue weighted by atomic mass is 9.84. The maximum Gasteiger partial charge on any atom is 0.297 e. The summed E-state index contributed by atoms with van der Waals surface area (Å²) in [7, 11) is 0. The van der Waals surface area contributed by atoms with Gasteiger partial charge in [-0.3, -0.25) is 19.3 Å². The molecule has 170 valence electrons. The third kappa shape index (κ3) is 2.42. The van der Waals surface area contributed by atoms with E-state index in [1.54, 1.807) is 29.2 Å². The van der Waals surface area contributed by atoms with Gasteiger partial charge in [0.05, 0.1) is 22.3 Å². The van der Waals surface area contributed by atoms with E-state index >= 15 is 0 Å². The summed E-state index contributed by atoms with van der Waals surface area (Å²) >= 11 is 7.48. The van der Waals surface area contributed by atoms with Crippen LogP contribution in [0.25, 0.3) is 11.0 Å². The number of hydrogen-bond acceptors (Lipinski definition) is 6. The summed E-state index contributed by atoms with van der Waals surface area (Å²) in [6, 6.07) is 11.9. The van der Waals surface area contributed by atoms with Crippen molar-refractivity contribution >= 4 is 56.5 Å². The molecular formula is C25H18ClN3O4S. The van der Waals surface area contributed by atoms with Crippen LogP contribution in [0.5, 0.6) is 0 Å². The van der Waals surface area contributed by atoms with Crippen LogP contribution >= 0.6 is 22.9 Å². The zero-order valence-electron chi connectivity index (χ0n) is 18.5. The molecule has 0 saturated carbocycles. The lowest BCUT2D eigenvalue weighted by Gasteiger charge is -2.32. The van der Waals surface area contributed by atoms with E-state index in [-0.39, 0.29) is 28.2 Å². The highest BCUT2D eigenvalue weighted by Gasteiger charge is 2.66. The molecule has 0 bridgehead atoms. The molecule has 1 unspecified atom stereocenters. The lowest BCUT2D eigenvalue weighted by molar-refractivity contribution is -0.121. The summed E-state index contributed by atoms with van der Waals surface area (Å²) in [6.45, 7) is 5.98. The first-order chi connectivity index (χ1) is 16.3. The first kappa shape index (κ1) is 21.1. The highest BCUT2D eigenvalue weighted by Crippen LogP contribution is 2.54. The number of hydrogen-bond donors (Lipinski definition) is 0. The fraction of sp³-hybridized carbons (Fsp3) is 0.200. The zero-order chi connectivity index (χ0) is 23.9. The topological polar surface area (TPSA) is 83.7 Å². The van der Waals surface area contributed by atoms with Crippen LogP contribution in [-0.4, -0.2) is 23.3 Å². The minimum atomic E-state index is -1.72. The van der Waals surface area contributed by atoms with Gasteiger partial charge in [0.25, 0.3) is 11.8 Å². The van der Waals surface area contributed by atoms with Crippen LogP contribution in [0.1, 0.15) is 39.2 Å². The third-order valence-corrected chi connectivity index (χ3v) is 7.90. The Morgan fingerprint density at radius 3 is 2.59 bits per heavy atom. The predicted molar refractivity (Wildman–Crippen MR) is 131 cm³/mol. The Bertz CT molecular complexity index is 1600. The van der Waals surface area contributed by atoms with Crippen LogP contribution in [-0.2, 0) is 10.3 Å². The van der Waals surface area contributed by atoms with Crippen LogP contribution in [0, 0.1) is 13.8 Å². The monoisotopic (exact) mass is 491 g/mol. The fourth-order valence-corrected chi connectivity index (χ4v) is 6.13. The average molecular weight is 492 g/mol. The Morgan fingerprint density at radius 1 is 1.12 bits per heavy atom. The maximum atomic E-state index is 14.3. The van der Waals surface area contributed by atoms with E-state index in [4.69, 9.17) is 16.0 Å². The molecule has 6 rings (SSSR count). The summed E-state index contributed by atoms with van der Waals surface area (Å²) in [5, 5.41) is 0.912. The largest absolute Gasteiger partial charge is 0.450 e. The van der Waals surface area contributed by atoms with Crippen molar-refractivity contribution in [2.45, 2.75) is 26.3 Å². The van der Waals surface area contributed by atoms with Gasteiger partial charge in [-0.15, -0.1) is 11.3 Å². The van der Waals surface area contributed by atoms with Crippen LogP contribution < -0.4 is 15.2 Å². The van der Waals surface area contributed by atoms with Crippen molar-refractivity contribution in [1.82, 2.24) is 4.98 Å². The minimum Gasteiger partial charge on any atom is -0.450 e. The summed E-state index contributed by atoms with van der Waals surface area (Å²) in [5.41, 5.74) is 0.0147. The predicted octanol–water partition coefficient (Wildman–Crippen LogP) is 4.79. The third-order valence-electron chi connectivity index (χ3n) is 6.61. The smallest absolute Gasteiger partial charge is 0.297 e. The number of fused-ring (bicyclic) bond motifs is 5. The molecule has 0 fully saturated rings. The number of rotatable bonds is 2. The number of aryl methyl sites for hydroxylation is 2. The molecule has 2 amide bonds. The molecule has 9 heteroatoms. The van der Waals surface area contributed by atoms with Crippen molar-refractivity contribution in [3.63, 3.8) is 0 Å². The quantitative estimate of drug-likeness (QED) is 0.402. The Hall–Kier alpha value is -3.49. The molecule has 4 heterocycles. The van der Waals surface area contributed by atoms with Gasteiger partial charge >= 0.3 is 0 Å². The van der Waals surface area contributed by atoms with E-state index in [9.17, 15) is 14.4 Å². The summed E-state index contributed by atoms with van der Waals surface area (Å²) in [5.74, 6) is -1.10. The first-order valence-corrected chi connectivity index (χ1v) is 12.0. The molecule has 2 aliphatic heterocycles. The van der Waals surface area contributed by atoms with Crippen molar-refractivity contribution < 1.29 is 14.0 Å². The molecule has 0 aliphatic carbocycles. The number of amides is 2. The van der Waals surface area contributed by atoms with Crippen LogP contribution in [0.4, 0.5) is 10.8 Å². The van der Waals surface area contributed by atoms with Gasteiger partial charge < -0.3 is 9.32 Å². The molecule has 2 aliphatic rings. The summed E-state index contributed by atoms with van der Waals surface area (Å²) < 4.78 is 6.02. The number of nitrogens with zero attached hydrogens (tertiary/aromatic N) is 3. The minimum absolute atomic E-state index is 0.00572. The van der Waals surface area contributed by atoms with Crippen LogP contribution in [0.2, 0.25) is 5.02 Å². The Morgan fingerprint density at radius 2 is 1.88 bits per heavy atom. The molecule has 7 nitrogen and oxygen atoms in total. The van der Waals surface area contributed by atoms with Gasteiger partial charge in [0.1, 0.15) is 5.58 Å². The average Bonchev–Trinajstić information content (AvgIpc) is 3.38. The molecular weight excluding hydrogens is 474 g/mol. The molecule has 0 saturated heterocycles. The standard InChI is InChI=1S/C25H18ClN3O4S/c1-4-28-17-8-6-5-7-16(17)25(23(28)32)19-20(30)15-11-14(26)9-10-18(15)33-21(19)22(31)29(25)24-27-12(2)13(3)34-24/h5-11H,4H2,1-3H3. The van der Waals surface area contributed by atoms with Crippen LogP contribution in [0.15, 0.2) is 51.7 Å². The second-order valence-corrected chi connectivity index (χ2v) is 9.95. The van der Waals surface area contributed by atoms with E-state index in [0.29, 0.717) is 27.9 Å². The van der Waals surface area contributed by atoms with Crippen molar-refractivity contribution in [3.05, 3.63) is 85.2 Å². The van der Waals surface area contributed by atoms with Gasteiger partial charge in [-0.25, -0.2) is 4.98 Å². The molecule has 4 aromatic rings. The van der Waals surface area contributed by atoms with Crippen molar-refractivity contribution in [3.8, 4) is 0 Å². The number of thiazole rings is 1. The summed E-state index contributed by atoms with van der Waals surface area (Å²) in [4.78, 5) is 50.7. The molecule has 0 radical (unpaired) electrons. The fourth-order valence-electron chi connectivity index (χ4n) is 5.00. The molecule has 2 aromatic carbocycles. The highest BCUT2D eigenvalue weighted by atomic mass is 35.5. The maximum absolute atomic E-state index is 14.3. The number of halogens is 1. The second-order valence-electron chi connectivity index (χ2n) is 8.33. The van der Waals surface area contributed by atoms with E-state index in [0.717, 1.165) is 10.6 Å². The Labute approximate surface area is 203 Å². The zero-order valence-corrected chi connectivity index (χ0v) is 20.1. The van der Waals surface area contributed by atoms with E-state index < -0.39 is 16.9 Å². The highest BCUT2D eigenvalue weighted by molar-refractivity contribution is 7.16. The summed E-state index contributed by atoms with van der Waals surface area (Å²) in [6.07, 6.45) is 0. The van der Waals surface area contributed by atoms with Gasteiger partial charge in [-0.2, -0.15) is 0 Å². The SMILES string of the molecule is CCN1C(=O)C2(c3ccccc31)c1c(oc3ccc(Cl)cc3c1=O)C(=O)N2c1nc(C)c(C)s1. The lowest BCUT2D eigenvalue weighted by Crippen LogP contribution is -2.53. The van der Waals surface area contributed by atoms with Gasteiger partial charge in [0.2, 0.25) is 5.76 Å². The van der Waals surface area contributed by atoms with Crippen molar-refractivity contribution in [1.29, 1.82) is 0 Å². The molecule has 1 atom stereocenters. The van der Waals surface area contributed by atoms with Gasteiger partial charge in [-0.05, 0) is 45.0 Å².